The van der Waals surface area contributed by atoms with Crippen LogP contribution in [0.2, 0.25) is 0 Å². The van der Waals surface area contributed by atoms with Crippen LogP contribution in [-0.4, -0.2) is 60.5 Å². The van der Waals surface area contributed by atoms with Gasteiger partial charge < -0.3 is 9.47 Å². The van der Waals surface area contributed by atoms with Crippen LogP contribution in [0.1, 0.15) is 29.8 Å². The van der Waals surface area contributed by atoms with Gasteiger partial charge in [0.1, 0.15) is 17.1 Å². The second-order valence-corrected chi connectivity index (χ2v) is 8.16. The summed E-state index contributed by atoms with van der Waals surface area (Å²) >= 11 is 0. The van der Waals surface area contributed by atoms with Crippen LogP contribution in [0.4, 0.5) is 13.2 Å². The Morgan fingerprint density at radius 3 is 2.46 bits per heavy atom. The first-order valence-electron chi connectivity index (χ1n) is 8.19. The van der Waals surface area contributed by atoms with Crippen LogP contribution in [0.5, 0.6) is 0 Å². The summed E-state index contributed by atoms with van der Waals surface area (Å²) < 4.78 is 66.1. The highest BCUT2D eigenvalue weighted by atomic mass is 32.2. The summed E-state index contributed by atoms with van der Waals surface area (Å²) in [5.74, 6) is -0.898. The molecule has 0 saturated carbocycles. The van der Waals surface area contributed by atoms with E-state index in [0.717, 1.165) is 25.3 Å². The molecule has 10 heteroatoms. The molecule has 0 bridgehead atoms. The number of alkyl halides is 3. The number of carbonyl (C=O) groups is 1. The van der Waals surface area contributed by atoms with Gasteiger partial charge in [0, 0.05) is 32.9 Å². The predicted molar refractivity (Wildman–Crippen MR) is 90.2 cm³/mol. The van der Waals surface area contributed by atoms with Crippen LogP contribution >= 0.6 is 0 Å². The van der Waals surface area contributed by atoms with E-state index < -0.39 is 28.7 Å². The molecule has 1 aliphatic rings. The van der Waals surface area contributed by atoms with E-state index in [1.54, 1.807) is 0 Å². The third-order valence-electron chi connectivity index (χ3n) is 4.16. The van der Waals surface area contributed by atoms with Crippen molar-refractivity contribution in [2.75, 3.05) is 26.2 Å². The summed E-state index contributed by atoms with van der Waals surface area (Å²) in [4.78, 5) is 13.0. The first-order valence-corrected chi connectivity index (χ1v) is 9.63. The lowest BCUT2D eigenvalue weighted by Crippen LogP contribution is -2.39. The Bertz CT molecular complexity index is 765. The normalized spacial score (nSPS) is 16.5. The van der Waals surface area contributed by atoms with Crippen LogP contribution in [0.25, 0.3) is 0 Å². The average Bonchev–Trinajstić information content (AvgIpc) is 2.96. The van der Waals surface area contributed by atoms with Crippen LogP contribution in [0.15, 0.2) is 29.8 Å². The molecular weight excluding hydrogens is 371 g/mol. The van der Waals surface area contributed by atoms with Gasteiger partial charge in [-0.3, -0.25) is 4.79 Å². The largest absolute Gasteiger partial charge is 0.406 e. The quantitative estimate of drug-likeness (QED) is 0.698. The van der Waals surface area contributed by atoms with Crippen molar-refractivity contribution in [3.05, 3.63) is 30.6 Å². The van der Waals surface area contributed by atoms with Gasteiger partial charge in [0.2, 0.25) is 10.0 Å². The van der Waals surface area contributed by atoms with E-state index in [1.165, 1.54) is 28.2 Å². The second-order valence-electron chi connectivity index (χ2n) is 6.23. The van der Waals surface area contributed by atoms with Gasteiger partial charge in [0.15, 0.2) is 0 Å². The van der Waals surface area contributed by atoms with Crippen molar-refractivity contribution in [1.29, 1.82) is 0 Å². The molecule has 1 aromatic rings. The zero-order valence-corrected chi connectivity index (χ0v) is 15.3. The second kappa shape index (κ2) is 7.83. The highest BCUT2D eigenvalue weighted by Crippen LogP contribution is 2.24. The third kappa shape index (κ3) is 4.67. The van der Waals surface area contributed by atoms with Crippen molar-refractivity contribution < 1.29 is 26.4 Å². The summed E-state index contributed by atoms with van der Waals surface area (Å²) in [6.45, 7) is 2.44. The molecule has 1 amide bonds. The smallest absolute Gasteiger partial charge is 0.345 e. The molecule has 26 heavy (non-hydrogen) atoms. The summed E-state index contributed by atoms with van der Waals surface area (Å²) in [6.07, 6.45) is 0.368. The topological polar surface area (TPSA) is 62.6 Å². The number of hydrogen-bond donors (Lipinski definition) is 0. The molecule has 2 heterocycles. The van der Waals surface area contributed by atoms with E-state index in [0.29, 0.717) is 18.0 Å². The predicted octanol–water partition coefficient (Wildman–Crippen LogP) is 2.39. The van der Waals surface area contributed by atoms with E-state index in [4.69, 9.17) is 0 Å². The fourth-order valence-electron chi connectivity index (χ4n) is 2.90. The Hall–Kier alpha value is -1.81. The van der Waals surface area contributed by atoms with E-state index in [1.807, 2.05) is 0 Å². The Balaban J connectivity index is 2.30. The molecule has 0 spiro atoms. The number of halogens is 3. The lowest BCUT2D eigenvalue weighted by Gasteiger charge is -2.25. The number of carbonyl (C=O) groups excluding carboxylic acids is 1. The number of aromatic nitrogens is 1. The Kier molecular flexibility index (Phi) is 6.17. The molecule has 0 radical (unpaired) electrons. The van der Waals surface area contributed by atoms with Crippen molar-refractivity contribution in [3.63, 3.8) is 0 Å². The molecular formula is C16H22F3N3O3S. The van der Waals surface area contributed by atoms with Crippen LogP contribution in [0, 0.1) is 0 Å². The minimum atomic E-state index is -4.56. The van der Waals surface area contributed by atoms with E-state index in [9.17, 15) is 26.4 Å². The first-order chi connectivity index (χ1) is 12.1. The number of sulfonamides is 1. The van der Waals surface area contributed by atoms with Crippen molar-refractivity contribution in [1.82, 2.24) is 13.8 Å². The molecule has 0 aliphatic carbocycles. The van der Waals surface area contributed by atoms with Crippen molar-refractivity contribution >= 4 is 15.9 Å². The number of piperidine rings is 1. The molecule has 146 valence electrons. The van der Waals surface area contributed by atoms with Gasteiger partial charge >= 0.3 is 6.18 Å². The Morgan fingerprint density at radius 2 is 1.92 bits per heavy atom. The molecule has 0 N–H and O–H groups in total. The molecule has 6 nitrogen and oxygen atoms in total. The summed E-state index contributed by atoms with van der Waals surface area (Å²) in [5.41, 5.74) is -0.119. The Labute approximate surface area is 150 Å². The number of aryl methyl sites for hydroxylation is 1. The van der Waals surface area contributed by atoms with E-state index >= 15 is 0 Å². The minimum absolute atomic E-state index is 0.0872. The van der Waals surface area contributed by atoms with Crippen molar-refractivity contribution in [2.45, 2.75) is 30.3 Å². The van der Waals surface area contributed by atoms with E-state index in [-0.39, 0.29) is 17.1 Å². The molecule has 0 atom stereocenters. The van der Waals surface area contributed by atoms with Gasteiger partial charge in [0.05, 0.1) is 0 Å². The molecule has 1 aliphatic heterocycles. The zero-order chi connectivity index (χ0) is 19.5. The number of amides is 1. The van der Waals surface area contributed by atoms with Gasteiger partial charge in [0.25, 0.3) is 5.91 Å². The third-order valence-corrected chi connectivity index (χ3v) is 6.02. The fourth-order valence-corrected chi connectivity index (χ4v) is 4.48. The molecule has 1 aromatic heterocycles. The highest BCUT2D eigenvalue weighted by Gasteiger charge is 2.34. The van der Waals surface area contributed by atoms with Gasteiger partial charge in [-0.15, -0.1) is 6.58 Å². The monoisotopic (exact) mass is 393 g/mol. The number of nitrogens with zero attached hydrogens (tertiary/aromatic N) is 3. The lowest BCUT2D eigenvalue weighted by molar-refractivity contribution is -0.139. The standard InChI is InChI=1S/C16H22F3N3O3S/c1-3-7-21(12-16(17,18)19)15(23)14-10-13(11-20(14)2)26(24,25)22-8-5-4-6-9-22/h3,10-11H,1,4-9,12H2,2H3. The molecule has 2 rings (SSSR count). The van der Waals surface area contributed by atoms with E-state index in [2.05, 4.69) is 6.58 Å². The minimum Gasteiger partial charge on any atom is -0.345 e. The fraction of sp³-hybridized carbons (Fsp3) is 0.562. The van der Waals surface area contributed by atoms with Gasteiger partial charge in [-0.2, -0.15) is 17.5 Å². The summed E-state index contributed by atoms with van der Waals surface area (Å²) in [7, 11) is -2.34. The maximum Gasteiger partial charge on any atom is 0.406 e. The van der Waals surface area contributed by atoms with Crippen LogP contribution in [-0.2, 0) is 17.1 Å². The Morgan fingerprint density at radius 1 is 1.31 bits per heavy atom. The first kappa shape index (κ1) is 20.5. The average molecular weight is 393 g/mol. The molecule has 0 aromatic carbocycles. The zero-order valence-electron chi connectivity index (χ0n) is 14.5. The molecule has 1 saturated heterocycles. The SMILES string of the molecule is C=CCN(CC(F)(F)F)C(=O)c1cc(S(=O)(=O)N2CCCCC2)cn1C. The maximum atomic E-state index is 12.7. The maximum absolute atomic E-state index is 12.7. The van der Waals surface area contributed by atoms with Crippen molar-refractivity contribution in [3.8, 4) is 0 Å². The summed E-state index contributed by atoms with van der Waals surface area (Å²) in [5, 5.41) is 0. The number of rotatable bonds is 6. The van der Waals surface area contributed by atoms with Gasteiger partial charge in [-0.25, -0.2) is 8.42 Å². The summed E-state index contributed by atoms with van der Waals surface area (Å²) in [6, 6.07) is 1.14. The van der Waals surface area contributed by atoms with Crippen LogP contribution < -0.4 is 0 Å². The number of hydrogen-bond acceptors (Lipinski definition) is 3. The van der Waals surface area contributed by atoms with Gasteiger partial charge in [-0.05, 0) is 18.9 Å². The van der Waals surface area contributed by atoms with Crippen molar-refractivity contribution in [2.24, 2.45) is 7.05 Å². The van der Waals surface area contributed by atoms with Crippen LogP contribution in [0.3, 0.4) is 0 Å². The molecule has 0 unspecified atom stereocenters. The van der Waals surface area contributed by atoms with Gasteiger partial charge in [-0.1, -0.05) is 12.5 Å². The molecule has 1 fully saturated rings. The lowest BCUT2D eigenvalue weighted by atomic mass is 10.2. The highest BCUT2D eigenvalue weighted by molar-refractivity contribution is 7.89.